The molecule has 0 aliphatic heterocycles. The van der Waals surface area contributed by atoms with Crippen molar-refractivity contribution < 1.29 is 13.5 Å². The highest BCUT2D eigenvalue weighted by Gasteiger charge is 2.08. The van der Waals surface area contributed by atoms with Crippen LogP contribution in [-0.2, 0) is 0 Å². The highest BCUT2D eigenvalue weighted by Crippen LogP contribution is 2.34. The van der Waals surface area contributed by atoms with Crippen molar-refractivity contribution in [2.24, 2.45) is 0 Å². The van der Waals surface area contributed by atoms with Gasteiger partial charge in [0.2, 0.25) is 0 Å². The number of hydrogen-bond donors (Lipinski definition) is 1. The molecule has 106 valence electrons. The molecule has 0 amide bonds. The van der Waals surface area contributed by atoms with E-state index < -0.39 is 11.6 Å². The molecule has 20 heavy (non-hydrogen) atoms. The third-order valence-electron chi connectivity index (χ3n) is 2.50. The van der Waals surface area contributed by atoms with E-state index in [-0.39, 0.29) is 4.90 Å². The number of nitrogen functional groups attached to an aromatic ring is 1. The molecule has 0 radical (unpaired) electrons. The first-order valence-electron chi connectivity index (χ1n) is 6.24. The topological polar surface area (TPSA) is 35.2 Å². The summed E-state index contributed by atoms with van der Waals surface area (Å²) < 4.78 is 32.3. The van der Waals surface area contributed by atoms with E-state index in [9.17, 15) is 8.78 Å². The van der Waals surface area contributed by atoms with Crippen LogP contribution in [0, 0.1) is 11.6 Å². The lowest BCUT2D eigenvalue weighted by Crippen LogP contribution is -1.96. The van der Waals surface area contributed by atoms with Gasteiger partial charge in [-0.3, -0.25) is 0 Å². The summed E-state index contributed by atoms with van der Waals surface area (Å²) in [6.07, 6.45) is 0.885. The minimum atomic E-state index is -0.472. The standard InChI is InChI=1S/C15H15F2NOS/c1-2-5-19-12-7-11(18)8-13(9-12)20-15-6-10(16)3-4-14(15)17/h3-4,6-9H,2,5,18H2,1H3. The molecule has 2 N–H and O–H groups in total. The van der Waals surface area contributed by atoms with E-state index in [1.54, 1.807) is 18.2 Å². The molecule has 2 aromatic carbocycles. The molecule has 2 aromatic rings. The van der Waals surface area contributed by atoms with Gasteiger partial charge in [0.15, 0.2) is 0 Å². The van der Waals surface area contributed by atoms with Gasteiger partial charge in [0.1, 0.15) is 17.4 Å². The summed E-state index contributed by atoms with van der Waals surface area (Å²) in [6.45, 7) is 2.59. The van der Waals surface area contributed by atoms with Gasteiger partial charge in [-0.2, -0.15) is 0 Å². The van der Waals surface area contributed by atoms with Gasteiger partial charge in [0.05, 0.1) is 11.5 Å². The van der Waals surface area contributed by atoms with Crippen molar-refractivity contribution in [2.75, 3.05) is 12.3 Å². The monoisotopic (exact) mass is 295 g/mol. The van der Waals surface area contributed by atoms with E-state index >= 15 is 0 Å². The number of halogens is 2. The number of anilines is 1. The van der Waals surface area contributed by atoms with Gasteiger partial charge >= 0.3 is 0 Å². The second-order valence-corrected chi connectivity index (χ2v) is 5.38. The predicted molar refractivity (Wildman–Crippen MR) is 77.1 cm³/mol. The molecule has 0 atom stereocenters. The number of rotatable bonds is 5. The van der Waals surface area contributed by atoms with Crippen LogP contribution in [0.2, 0.25) is 0 Å². The summed E-state index contributed by atoms with van der Waals surface area (Å²) in [5, 5.41) is 0. The molecule has 5 heteroatoms. The smallest absolute Gasteiger partial charge is 0.137 e. The molecule has 0 aromatic heterocycles. The zero-order chi connectivity index (χ0) is 14.5. The second-order valence-electron chi connectivity index (χ2n) is 4.26. The van der Waals surface area contributed by atoms with Gasteiger partial charge in [0.25, 0.3) is 0 Å². The lowest BCUT2D eigenvalue weighted by atomic mass is 10.3. The van der Waals surface area contributed by atoms with Crippen LogP contribution in [0.1, 0.15) is 13.3 Å². The van der Waals surface area contributed by atoms with E-state index in [4.69, 9.17) is 10.5 Å². The lowest BCUT2D eigenvalue weighted by Gasteiger charge is -2.09. The maximum Gasteiger partial charge on any atom is 0.137 e. The van der Waals surface area contributed by atoms with Crippen LogP contribution in [-0.4, -0.2) is 6.61 Å². The first-order valence-corrected chi connectivity index (χ1v) is 7.06. The fourth-order valence-corrected chi connectivity index (χ4v) is 2.60. The maximum atomic E-state index is 13.6. The summed E-state index contributed by atoms with van der Waals surface area (Å²) in [4.78, 5) is 0.928. The molecule has 0 aliphatic carbocycles. The first kappa shape index (κ1) is 14.7. The van der Waals surface area contributed by atoms with E-state index in [1.165, 1.54) is 0 Å². The Morgan fingerprint density at radius 1 is 1.15 bits per heavy atom. The van der Waals surface area contributed by atoms with Crippen molar-refractivity contribution in [2.45, 2.75) is 23.1 Å². The molecule has 2 rings (SSSR count). The van der Waals surface area contributed by atoms with Crippen LogP contribution < -0.4 is 10.5 Å². The summed E-state index contributed by atoms with van der Waals surface area (Å²) in [5.74, 6) is -0.304. The average Bonchev–Trinajstić information content (AvgIpc) is 2.40. The Labute approximate surface area is 120 Å². The Hall–Kier alpha value is -1.75. The Morgan fingerprint density at radius 3 is 2.70 bits per heavy atom. The normalized spacial score (nSPS) is 10.6. The summed E-state index contributed by atoms with van der Waals surface area (Å²) in [7, 11) is 0. The van der Waals surface area contributed by atoms with E-state index in [1.807, 2.05) is 6.92 Å². The van der Waals surface area contributed by atoms with Crippen molar-refractivity contribution in [3.8, 4) is 5.75 Å². The second kappa shape index (κ2) is 6.61. The molecule has 0 aliphatic rings. The van der Waals surface area contributed by atoms with Gasteiger partial charge in [-0.25, -0.2) is 8.78 Å². The van der Waals surface area contributed by atoms with Crippen LogP contribution in [0.4, 0.5) is 14.5 Å². The molecule has 0 bridgehead atoms. The first-order chi connectivity index (χ1) is 9.58. The largest absolute Gasteiger partial charge is 0.493 e. The van der Waals surface area contributed by atoms with Crippen molar-refractivity contribution in [3.63, 3.8) is 0 Å². The minimum Gasteiger partial charge on any atom is -0.493 e. The lowest BCUT2D eigenvalue weighted by molar-refractivity contribution is 0.317. The fraction of sp³-hybridized carbons (Fsp3) is 0.200. The van der Waals surface area contributed by atoms with Gasteiger partial charge in [-0.1, -0.05) is 18.7 Å². The Balaban J connectivity index is 2.24. The minimum absolute atomic E-state index is 0.219. The Bertz CT molecular complexity index is 604. The quantitative estimate of drug-likeness (QED) is 0.826. The summed E-state index contributed by atoms with van der Waals surface area (Å²) >= 11 is 1.12. The highest BCUT2D eigenvalue weighted by atomic mass is 32.2. The van der Waals surface area contributed by atoms with Crippen LogP contribution in [0.15, 0.2) is 46.2 Å². The third kappa shape index (κ3) is 3.87. The Morgan fingerprint density at radius 2 is 1.95 bits per heavy atom. The molecular formula is C15H15F2NOS. The molecule has 0 saturated carbocycles. The fourth-order valence-electron chi connectivity index (χ4n) is 1.64. The number of ether oxygens (including phenoxy) is 1. The van der Waals surface area contributed by atoms with E-state index in [0.29, 0.717) is 22.9 Å². The van der Waals surface area contributed by atoms with Gasteiger partial charge in [0, 0.05) is 16.6 Å². The summed E-state index contributed by atoms with van der Waals surface area (Å²) in [6, 6.07) is 8.54. The molecule has 0 unspecified atom stereocenters. The van der Waals surface area contributed by atoms with Gasteiger partial charge in [-0.05, 0) is 36.8 Å². The van der Waals surface area contributed by atoms with Crippen LogP contribution in [0.5, 0.6) is 5.75 Å². The van der Waals surface area contributed by atoms with Crippen molar-refractivity contribution in [3.05, 3.63) is 48.0 Å². The maximum absolute atomic E-state index is 13.6. The molecule has 0 fully saturated rings. The average molecular weight is 295 g/mol. The zero-order valence-corrected chi connectivity index (χ0v) is 11.8. The van der Waals surface area contributed by atoms with E-state index in [0.717, 1.165) is 36.4 Å². The molecule has 0 saturated heterocycles. The number of hydrogen-bond acceptors (Lipinski definition) is 3. The third-order valence-corrected chi connectivity index (χ3v) is 3.50. The van der Waals surface area contributed by atoms with Crippen LogP contribution >= 0.6 is 11.8 Å². The van der Waals surface area contributed by atoms with E-state index in [2.05, 4.69) is 0 Å². The highest BCUT2D eigenvalue weighted by molar-refractivity contribution is 7.99. The van der Waals surface area contributed by atoms with Crippen molar-refractivity contribution in [1.82, 2.24) is 0 Å². The predicted octanol–water partition coefficient (Wildman–Crippen LogP) is 4.49. The summed E-state index contributed by atoms with van der Waals surface area (Å²) in [5.41, 5.74) is 6.32. The molecular weight excluding hydrogens is 280 g/mol. The van der Waals surface area contributed by atoms with Gasteiger partial charge < -0.3 is 10.5 Å². The molecule has 0 heterocycles. The Kier molecular flexibility index (Phi) is 4.84. The van der Waals surface area contributed by atoms with Crippen molar-refractivity contribution >= 4 is 17.4 Å². The number of nitrogens with two attached hydrogens (primary N) is 1. The number of benzene rings is 2. The van der Waals surface area contributed by atoms with Crippen LogP contribution in [0.3, 0.4) is 0 Å². The SMILES string of the molecule is CCCOc1cc(N)cc(Sc2cc(F)ccc2F)c1. The molecule has 2 nitrogen and oxygen atoms in total. The van der Waals surface area contributed by atoms with Crippen LogP contribution in [0.25, 0.3) is 0 Å². The zero-order valence-electron chi connectivity index (χ0n) is 11.0. The molecule has 0 spiro atoms. The van der Waals surface area contributed by atoms with Crippen molar-refractivity contribution in [1.29, 1.82) is 0 Å². The van der Waals surface area contributed by atoms with Gasteiger partial charge in [-0.15, -0.1) is 0 Å².